The van der Waals surface area contributed by atoms with E-state index in [4.69, 9.17) is 14.5 Å². The Hall–Kier alpha value is -2.80. The van der Waals surface area contributed by atoms with Crippen molar-refractivity contribution in [1.82, 2.24) is 15.2 Å². The Labute approximate surface area is 164 Å². The minimum absolute atomic E-state index is 0.130. The molecule has 0 spiro atoms. The molecule has 0 aliphatic carbocycles. The highest BCUT2D eigenvalue weighted by Gasteiger charge is 2.33. The van der Waals surface area contributed by atoms with Crippen LogP contribution in [-0.4, -0.2) is 53.7 Å². The molecule has 1 saturated heterocycles. The van der Waals surface area contributed by atoms with E-state index in [1.807, 2.05) is 25.1 Å². The first-order valence-electron chi connectivity index (χ1n) is 9.45. The van der Waals surface area contributed by atoms with Gasteiger partial charge in [0.25, 0.3) is 0 Å². The molecule has 1 aliphatic heterocycles. The molecule has 1 aliphatic rings. The van der Waals surface area contributed by atoms with E-state index in [2.05, 4.69) is 28.1 Å². The van der Waals surface area contributed by atoms with E-state index in [9.17, 15) is 5.11 Å². The molecule has 3 heterocycles. The second kappa shape index (κ2) is 7.31. The number of aliphatic hydroxyl groups excluding tert-OH is 1. The second-order valence-electron chi connectivity index (χ2n) is 7.50. The normalized spacial score (nSPS) is 19.4. The number of fused-ring (bicyclic) bond motifs is 1. The molecular formula is C21H26N4O3. The number of hydrogen-bond acceptors (Lipinski definition) is 6. The number of rotatable bonds is 5. The van der Waals surface area contributed by atoms with Crippen LogP contribution in [0.3, 0.4) is 0 Å². The van der Waals surface area contributed by atoms with Crippen LogP contribution in [0.4, 0.5) is 5.82 Å². The van der Waals surface area contributed by atoms with E-state index in [1.165, 1.54) is 0 Å². The number of nitrogens with zero attached hydrogens (tertiary/aromatic N) is 3. The molecule has 2 atom stereocenters. The summed E-state index contributed by atoms with van der Waals surface area (Å²) < 4.78 is 10.8. The van der Waals surface area contributed by atoms with Gasteiger partial charge in [-0.1, -0.05) is 0 Å². The van der Waals surface area contributed by atoms with Crippen LogP contribution in [0.15, 0.2) is 24.3 Å². The average molecular weight is 382 g/mol. The number of aliphatic hydroxyl groups is 1. The van der Waals surface area contributed by atoms with Crippen molar-refractivity contribution in [2.24, 2.45) is 5.92 Å². The molecule has 28 heavy (non-hydrogen) atoms. The minimum Gasteiger partial charge on any atom is -0.493 e. The first-order valence-corrected chi connectivity index (χ1v) is 9.45. The van der Waals surface area contributed by atoms with E-state index in [-0.39, 0.29) is 5.92 Å². The summed E-state index contributed by atoms with van der Waals surface area (Å²) in [6.07, 6.45) is 0.347. The Morgan fingerprint density at radius 3 is 2.54 bits per heavy atom. The van der Waals surface area contributed by atoms with Gasteiger partial charge in [0.1, 0.15) is 5.82 Å². The van der Waals surface area contributed by atoms with Crippen molar-refractivity contribution >= 4 is 16.7 Å². The number of aryl methyl sites for hydroxylation is 2. The largest absolute Gasteiger partial charge is 0.493 e. The third kappa shape index (κ3) is 3.38. The summed E-state index contributed by atoms with van der Waals surface area (Å²) in [5, 5.41) is 18.9. The van der Waals surface area contributed by atoms with Crippen molar-refractivity contribution in [3.8, 4) is 11.5 Å². The first-order chi connectivity index (χ1) is 13.5. The van der Waals surface area contributed by atoms with Crippen LogP contribution in [0.25, 0.3) is 10.9 Å². The number of aromatic amines is 1. The van der Waals surface area contributed by atoms with Crippen molar-refractivity contribution in [2.75, 3.05) is 32.2 Å². The molecule has 0 unspecified atom stereocenters. The number of pyridine rings is 1. The zero-order valence-corrected chi connectivity index (χ0v) is 16.7. The zero-order valence-electron chi connectivity index (χ0n) is 16.7. The molecule has 0 bridgehead atoms. The van der Waals surface area contributed by atoms with Gasteiger partial charge in [0.15, 0.2) is 11.5 Å². The number of aromatic nitrogens is 3. The summed E-state index contributed by atoms with van der Waals surface area (Å²) in [5.74, 6) is 2.36. The molecule has 0 radical (unpaired) electrons. The first kappa shape index (κ1) is 18.6. The van der Waals surface area contributed by atoms with Gasteiger partial charge in [0.05, 0.1) is 31.5 Å². The number of hydrogen-bond donors (Lipinski definition) is 2. The summed E-state index contributed by atoms with van der Waals surface area (Å²) in [7, 11) is 3.26. The lowest BCUT2D eigenvalue weighted by Crippen LogP contribution is -2.22. The predicted octanol–water partition coefficient (Wildman–Crippen LogP) is 2.63. The summed E-state index contributed by atoms with van der Waals surface area (Å²) in [5.41, 5.74) is 3.99. The van der Waals surface area contributed by atoms with Gasteiger partial charge in [-0.2, -0.15) is 5.10 Å². The van der Waals surface area contributed by atoms with Gasteiger partial charge in [-0.15, -0.1) is 0 Å². The van der Waals surface area contributed by atoms with Crippen LogP contribution in [0.2, 0.25) is 0 Å². The van der Waals surface area contributed by atoms with Crippen LogP contribution in [0, 0.1) is 19.8 Å². The predicted molar refractivity (Wildman–Crippen MR) is 108 cm³/mol. The van der Waals surface area contributed by atoms with E-state index in [0.717, 1.165) is 46.6 Å². The van der Waals surface area contributed by atoms with Gasteiger partial charge in [-0.3, -0.25) is 5.10 Å². The van der Waals surface area contributed by atoms with Crippen molar-refractivity contribution < 1.29 is 14.6 Å². The fraction of sp³-hybridized carbons (Fsp3) is 0.429. The molecule has 4 rings (SSSR count). The third-order valence-corrected chi connectivity index (χ3v) is 5.47. The van der Waals surface area contributed by atoms with Crippen molar-refractivity contribution in [3.63, 3.8) is 0 Å². The number of benzene rings is 1. The van der Waals surface area contributed by atoms with Gasteiger partial charge < -0.3 is 19.5 Å². The number of anilines is 1. The molecule has 7 nitrogen and oxygen atoms in total. The second-order valence-corrected chi connectivity index (χ2v) is 7.50. The molecule has 148 valence electrons. The number of ether oxygens (including phenoxy) is 2. The summed E-state index contributed by atoms with van der Waals surface area (Å²) in [4.78, 5) is 6.99. The number of methoxy groups -OCH3 is 2. The van der Waals surface area contributed by atoms with Gasteiger partial charge >= 0.3 is 0 Å². The van der Waals surface area contributed by atoms with E-state index in [1.54, 1.807) is 14.2 Å². The lowest BCUT2D eigenvalue weighted by atomic mass is 10.0. The minimum atomic E-state index is -0.403. The standard InChI is InChI=1S/C21H26N4O3/c1-12-5-21(22-17-9-20(28-4)19(27-3)8-16(12)17)25-10-14(18(26)11-25)7-15-6-13(2)23-24-15/h5-6,8-9,14,18,26H,7,10-11H2,1-4H3,(H,23,24)/t14-,18+/m1/s1. The highest BCUT2D eigenvalue weighted by atomic mass is 16.5. The fourth-order valence-electron chi connectivity index (χ4n) is 3.96. The van der Waals surface area contributed by atoms with Crippen molar-refractivity contribution in [1.29, 1.82) is 0 Å². The number of β-amino-alcohol motifs (C(OH)–C–C–N with tert-alkyl or cyclic N) is 1. The van der Waals surface area contributed by atoms with E-state index in [0.29, 0.717) is 18.0 Å². The van der Waals surface area contributed by atoms with E-state index < -0.39 is 6.10 Å². The summed E-state index contributed by atoms with van der Waals surface area (Å²) >= 11 is 0. The Morgan fingerprint density at radius 2 is 1.86 bits per heavy atom. The molecule has 0 saturated carbocycles. The van der Waals surface area contributed by atoms with Crippen LogP contribution >= 0.6 is 0 Å². The smallest absolute Gasteiger partial charge is 0.162 e. The Morgan fingerprint density at radius 1 is 1.11 bits per heavy atom. The van der Waals surface area contributed by atoms with Gasteiger partial charge in [-0.05, 0) is 44.0 Å². The average Bonchev–Trinajstić information content (AvgIpc) is 3.26. The molecule has 7 heteroatoms. The number of nitrogens with one attached hydrogen (secondary N) is 1. The van der Waals surface area contributed by atoms with Crippen molar-refractivity contribution in [2.45, 2.75) is 26.4 Å². The number of H-pyrrole nitrogens is 1. The monoisotopic (exact) mass is 382 g/mol. The lowest BCUT2D eigenvalue weighted by Gasteiger charge is -2.19. The highest BCUT2D eigenvalue weighted by Crippen LogP contribution is 2.35. The molecule has 1 fully saturated rings. The maximum absolute atomic E-state index is 10.6. The van der Waals surface area contributed by atoms with Gasteiger partial charge in [-0.25, -0.2) is 4.98 Å². The Balaban J connectivity index is 1.61. The Bertz CT molecular complexity index is 1000. The maximum atomic E-state index is 10.6. The molecule has 2 aromatic heterocycles. The quantitative estimate of drug-likeness (QED) is 0.706. The lowest BCUT2D eigenvalue weighted by molar-refractivity contribution is 0.148. The van der Waals surface area contributed by atoms with Crippen molar-refractivity contribution in [3.05, 3.63) is 41.2 Å². The summed E-state index contributed by atoms with van der Waals surface area (Å²) in [6.45, 7) is 5.37. The van der Waals surface area contributed by atoms with Gasteiger partial charge in [0, 0.05) is 36.2 Å². The third-order valence-electron chi connectivity index (χ3n) is 5.47. The van der Waals surface area contributed by atoms with Crippen LogP contribution in [0.1, 0.15) is 17.0 Å². The molecular weight excluding hydrogens is 356 g/mol. The van der Waals surface area contributed by atoms with Crippen LogP contribution in [0.5, 0.6) is 11.5 Å². The molecule has 3 aromatic rings. The molecule has 0 amide bonds. The molecule has 2 N–H and O–H groups in total. The molecule has 1 aromatic carbocycles. The van der Waals surface area contributed by atoms with Gasteiger partial charge in [0.2, 0.25) is 0 Å². The van der Waals surface area contributed by atoms with E-state index >= 15 is 0 Å². The fourth-order valence-corrected chi connectivity index (χ4v) is 3.96. The SMILES string of the molecule is COc1cc2nc(N3C[C@@H](Cc4cc(C)[nH]n4)[C@@H](O)C3)cc(C)c2cc1OC. The van der Waals surface area contributed by atoms with Crippen LogP contribution < -0.4 is 14.4 Å². The van der Waals surface area contributed by atoms with Crippen LogP contribution in [-0.2, 0) is 6.42 Å². The summed E-state index contributed by atoms with van der Waals surface area (Å²) in [6, 6.07) is 7.97. The topological polar surface area (TPSA) is 83.5 Å². The Kier molecular flexibility index (Phi) is 4.85. The zero-order chi connectivity index (χ0) is 19.8. The maximum Gasteiger partial charge on any atom is 0.162 e. The highest BCUT2D eigenvalue weighted by molar-refractivity contribution is 5.87.